The number of nitrogens with one attached hydrogen (secondary N) is 2. The Balaban J connectivity index is 0.00000300. The van der Waals surface area contributed by atoms with Crippen molar-refractivity contribution in [2.45, 2.75) is 0 Å². The van der Waals surface area contributed by atoms with Crippen LogP contribution < -0.4 is 0 Å². The molecule has 0 atom stereocenters. The Morgan fingerprint density at radius 3 is 1.33 bits per heavy atom. The number of H-pyrrole nitrogens is 2. The molecule has 2 aliphatic heterocycles. The van der Waals surface area contributed by atoms with Gasteiger partial charge in [-0.1, -0.05) is 91.0 Å². The molecule has 3 aromatic carbocycles. The molecular weight excluding hydrogens is 709 g/mol. The number of hydrogen-bond donors (Lipinski definition) is 2. The summed E-state index contributed by atoms with van der Waals surface area (Å²) in [6.07, 6.45) is 8.43. The Morgan fingerprint density at radius 2 is 0.814 bits per heavy atom. The maximum absolute atomic E-state index is 5.27. The van der Waals surface area contributed by atoms with Crippen molar-refractivity contribution in [2.24, 2.45) is 0 Å². The fraction of sp³-hybridized carbons (Fsp3) is 0. The predicted molar refractivity (Wildman–Crippen MR) is 175 cm³/mol. The second kappa shape index (κ2) is 11.3. The van der Waals surface area contributed by atoms with E-state index >= 15 is 0 Å². The van der Waals surface area contributed by atoms with Crippen LogP contribution in [0.4, 0.5) is 0 Å². The average molecular weight is 736 g/mol. The van der Waals surface area contributed by atoms with Crippen LogP contribution in [0.3, 0.4) is 0 Å². The van der Waals surface area contributed by atoms with Gasteiger partial charge >= 0.3 is 22.4 Å². The van der Waals surface area contributed by atoms with E-state index in [4.69, 9.17) is 9.97 Å². The van der Waals surface area contributed by atoms with Gasteiger partial charge in [-0.2, -0.15) is 0 Å². The molecule has 206 valence electrons. The summed E-state index contributed by atoms with van der Waals surface area (Å²) in [6.45, 7) is 0. The molecule has 0 saturated carbocycles. The summed E-state index contributed by atoms with van der Waals surface area (Å²) in [7, 11) is 0. The van der Waals surface area contributed by atoms with Crippen molar-refractivity contribution in [3.8, 4) is 33.4 Å². The minimum absolute atomic E-state index is 0. The summed E-state index contributed by atoms with van der Waals surface area (Å²) in [6, 6.07) is 42.0. The van der Waals surface area contributed by atoms with Crippen molar-refractivity contribution in [1.82, 2.24) is 19.9 Å². The summed E-state index contributed by atoms with van der Waals surface area (Å²) in [5.41, 5.74) is 14.2. The van der Waals surface area contributed by atoms with Crippen LogP contribution in [0.25, 0.3) is 79.8 Å². The standard InChI is InChI=1S/C38H26N4.Au/c1-4-10-25(11-5-1)36-30-18-16-28(39-30)24-29-17-19-31(40-29)37(26-12-6-2-7-13-26)33-21-23-35(42-33)38(27-14-8-3-9-15-27)34-22-20-32(36)41-34;/h1-24,39,42H;/q;+3. The number of aromatic nitrogens is 4. The van der Waals surface area contributed by atoms with Gasteiger partial charge in [0.25, 0.3) is 0 Å². The molecule has 0 radical (unpaired) electrons. The van der Waals surface area contributed by atoms with Gasteiger partial charge in [-0.3, -0.25) is 0 Å². The van der Waals surface area contributed by atoms with E-state index in [2.05, 4.69) is 137 Å². The molecule has 0 fully saturated rings. The van der Waals surface area contributed by atoms with E-state index < -0.39 is 0 Å². The Hall–Kier alpha value is -5.00. The van der Waals surface area contributed by atoms with Gasteiger partial charge in [0.15, 0.2) is 0 Å². The van der Waals surface area contributed by atoms with Crippen molar-refractivity contribution < 1.29 is 22.4 Å². The molecule has 2 aliphatic rings. The minimum Gasteiger partial charge on any atom is -0.355 e. The van der Waals surface area contributed by atoms with Crippen LogP contribution >= 0.6 is 0 Å². The Morgan fingerprint density at radius 1 is 0.395 bits per heavy atom. The van der Waals surface area contributed by atoms with E-state index in [-0.39, 0.29) is 22.4 Å². The second-order valence-corrected chi connectivity index (χ2v) is 10.5. The van der Waals surface area contributed by atoms with Crippen molar-refractivity contribution in [1.29, 1.82) is 0 Å². The van der Waals surface area contributed by atoms with Crippen LogP contribution in [0.1, 0.15) is 22.8 Å². The molecule has 0 aliphatic carbocycles. The zero-order valence-electron chi connectivity index (χ0n) is 23.1. The zero-order chi connectivity index (χ0) is 27.9. The summed E-state index contributed by atoms with van der Waals surface area (Å²) in [4.78, 5) is 17.7. The van der Waals surface area contributed by atoms with Crippen LogP contribution in [-0.2, 0) is 22.4 Å². The monoisotopic (exact) mass is 735 g/mol. The first-order chi connectivity index (χ1) is 20.8. The fourth-order valence-electron chi connectivity index (χ4n) is 5.86. The Bertz CT molecular complexity index is 2140. The molecule has 4 nitrogen and oxygen atoms in total. The molecule has 5 heteroatoms. The smallest absolute Gasteiger partial charge is 0.355 e. The maximum Gasteiger partial charge on any atom is 3.00 e. The molecule has 6 aromatic rings. The third-order valence-electron chi connectivity index (χ3n) is 7.76. The summed E-state index contributed by atoms with van der Waals surface area (Å²) >= 11 is 0. The molecule has 43 heavy (non-hydrogen) atoms. The molecule has 0 amide bonds. The van der Waals surface area contributed by atoms with Gasteiger partial charge in [-0.15, -0.1) is 0 Å². The number of nitrogens with zero attached hydrogens (tertiary/aromatic N) is 2. The van der Waals surface area contributed by atoms with E-state index in [0.29, 0.717) is 0 Å². The largest absolute Gasteiger partial charge is 3.00 e. The molecule has 0 unspecified atom stereocenters. The maximum atomic E-state index is 5.27. The number of rotatable bonds is 3. The van der Waals surface area contributed by atoms with Gasteiger partial charge in [-0.05, 0) is 71.3 Å². The van der Waals surface area contributed by atoms with Crippen molar-refractivity contribution >= 4 is 46.4 Å². The zero-order valence-corrected chi connectivity index (χ0v) is 25.2. The van der Waals surface area contributed by atoms with E-state index in [1.165, 1.54) is 0 Å². The van der Waals surface area contributed by atoms with Crippen molar-refractivity contribution in [3.05, 3.63) is 144 Å². The van der Waals surface area contributed by atoms with Gasteiger partial charge in [-0.25, -0.2) is 9.97 Å². The quantitative estimate of drug-likeness (QED) is 0.178. The predicted octanol–water partition coefficient (Wildman–Crippen LogP) is 9.65. The summed E-state index contributed by atoms with van der Waals surface area (Å²) in [5, 5.41) is 0. The molecule has 8 rings (SSSR count). The fourth-order valence-corrected chi connectivity index (χ4v) is 5.86. The number of fused-ring (bicyclic) bond motifs is 8. The first-order valence-corrected chi connectivity index (χ1v) is 14.1. The Kier molecular flexibility index (Phi) is 7.09. The van der Waals surface area contributed by atoms with E-state index in [1.807, 2.05) is 18.2 Å². The number of aromatic amines is 2. The van der Waals surface area contributed by atoms with Crippen LogP contribution in [0.2, 0.25) is 0 Å². The van der Waals surface area contributed by atoms with Gasteiger partial charge in [0.1, 0.15) is 0 Å². The van der Waals surface area contributed by atoms with Crippen LogP contribution in [-0.4, -0.2) is 19.9 Å². The van der Waals surface area contributed by atoms with Gasteiger partial charge < -0.3 is 9.97 Å². The van der Waals surface area contributed by atoms with Crippen LogP contribution in [0, 0.1) is 0 Å². The van der Waals surface area contributed by atoms with Crippen LogP contribution in [0.15, 0.2) is 121 Å². The second-order valence-electron chi connectivity index (χ2n) is 10.5. The van der Waals surface area contributed by atoms with E-state index in [1.54, 1.807) is 0 Å². The number of hydrogen-bond acceptors (Lipinski definition) is 2. The van der Waals surface area contributed by atoms with E-state index in [9.17, 15) is 0 Å². The minimum atomic E-state index is 0. The summed E-state index contributed by atoms with van der Waals surface area (Å²) < 4.78 is 0. The van der Waals surface area contributed by atoms with Crippen molar-refractivity contribution in [3.63, 3.8) is 0 Å². The first-order valence-electron chi connectivity index (χ1n) is 14.1. The number of benzene rings is 3. The molecule has 8 bridgehead atoms. The normalized spacial score (nSPS) is 11.8. The van der Waals surface area contributed by atoms with Gasteiger partial charge in [0, 0.05) is 38.8 Å². The third kappa shape index (κ3) is 5.02. The Labute approximate surface area is 265 Å². The molecule has 0 spiro atoms. The van der Waals surface area contributed by atoms with Gasteiger partial charge in [0.05, 0.1) is 22.8 Å². The van der Waals surface area contributed by atoms with Gasteiger partial charge in [0.2, 0.25) is 0 Å². The first kappa shape index (κ1) is 26.9. The SMILES string of the molecule is C1=Cc2nc1cc1ccc([nH]1)c(-c1ccccc1)c1nc(c(-c3ccccc3)c3ccc([nH]3)c2-c2ccccc2)C=C1.[Au+3]. The molecule has 3 aromatic heterocycles. The molecular formula is C38H26AuN4+3. The van der Waals surface area contributed by atoms with Crippen molar-refractivity contribution in [2.75, 3.05) is 0 Å². The third-order valence-corrected chi connectivity index (χ3v) is 7.76. The average Bonchev–Trinajstić information content (AvgIpc) is 3.86. The van der Waals surface area contributed by atoms with E-state index in [0.717, 1.165) is 78.2 Å². The molecule has 2 N–H and O–H groups in total. The topological polar surface area (TPSA) is 57.4 Å². The van der Waals surface area contributed by atoms with Crippen LogP contribution in [0.5, 0.6) is 0 Å². The summed E-state index contributed by atoms with van der Waals surface area (Å²) in [5.74, 6) is 0. The molecule has 0 saturated heterocycles. The molecule has 5 heterocycles.